The summed E-state index contributed by atoms with van der Waals surface area (Å²) in [5, 5.41) is 7.44. The fourth-order valence-corrected chi connectivity index (χ4v) is 2.00. The Hall–Kier alpha value is -0.350. The average molecular weight is 216 g/mol. The van der Waals surface area contributed by atoms with Gasteiger partial charge >= 0.3 is 0 Å². The fourth-order valence-electron chi connectivity index (χ4n) is 1.73. The summed E-state index contributed by atoms with van der Waals surface area (Å²) >= 11 is 5.21. The van der Waals surface area contributed by atoms with Crippen molar-refractivity contribution in [3.63, 3.8) is 0 Å². The SMILES string of the molecule is C[NH+](C)CCNC(=S)NC1CCCC1. The van der Waals surface area contributed by atoms with E-state index >= 15 is 0 Å². The zero-order valence-electron chi connectivity index (χ0n) is 9.23. The van der Waals surface area contributed by atoms with Crippen LogP contribution in [-0.2, 0) is 0 Å². The number of thiocarbonyl (C=S) groups is 1. The summed E-state index contributed by atoms with van der Waals surface area (Å²) in [5.74, 6) is 0. The molecule has 0 bridgehead atoms. The molecule has 82 valence electrons. The van der Waals surface area contributed by atoms with E-state index in [1.165, 1.54) is 30.6 Å². The Bertz CT molecular complexity index is 176. The number of nitrogens with one attached hydrogen (secondary N) is 3. The lowest BCUT2D eigenvalue weighted by atomic mass is 10.3. The molecule has 0 heterocycles. The standard InChI is InChI=1S/C10H21N3S/c1-13(2)8-7-11-10(14)12-9-5-3-4-6-9/h9H,3-8H2,1-2H3,(H2,11,12,14)/p+1. The van der Waals surface area contributed by atoms with Gasteiger partial charge in [-0.05, 0) is 25.1 Å². The van der Waals surface area contributed by atoms with Crippen molar-refractivity contribution in [3.8, 4) is 0 Å². The molecule has 0 spiro atoms. The number of hydrogen-bond acceptors (Lipinski definition) is 1. The van der Waals surface area contributed by atoms with Crippen LogP contribution in [0.3, 0.4) is 0 Å². The normalized spacial score (nSPS) is 17.4. The summed E-state index contributed by atoms with van der Waals surface area (Å²) in [4.78, 5) is 1.45. The van der Waals surface area contributed by atoms with Gasteiger partial charge in [0.1, 0.15) is 0 Å². The molecule has 3 N–H and O–H groups in total. The minimum absolute atomic E-state index is 0.627. The molecule has 4 heteroatoms. The monoisotopic (exact) mass is 216 g/mol. The van der Waals surface area contributed by atoms with Crippen LogP contribution < -0.4 is 15.5 Å². The Labute approximate surface area is 92.2 Å². The van der Waals surface area contributed by atoms with Crippen molar-refractivity contribution in [3.05, 3.63) is 0 Å². The third-order valence-corrected chi connectivity index (χ3v) is 2.86. The molecule has 0 aliphatic heterocycles. The van der Waals surface area contributed by atoms with Crippen molar-refractivity contribution < 1.29 is 4.90 Å². The Balaban J connectivity index is 2.03. The summed E-state index contributed by atoms with van der Waals surface area (Å²) in [7, 11) is 4.30. The molecule has 0 atom stereocenters. The van der Waals surface area contributed by atoms with E-state index in [4.69, 9.17) is 12.2 Å². The van der Waals surface area contributed by atoms with Crippen LogP contribution in [0.25, 0.3) is 0 Å². The summed E-state index contributed by atoms with van der Waals surface area (Å²) < 4.78 is 0. The van der Waals surface area contributed by atoms with E-state index in [0.29, 0.717) is 6.04 Å². The summed E-state index contributed by atoms with van der Waals surface area (Å²) in [6.07, 6.45) is 5.26. The van der Waals surface area contributed by atoms with E-state index in [1.54, 1.807) is 0 Å². The van der Waals surface area contributed by atoms with Gasteiger partial charge in [0, 0.05) is 6.04 Å². The smallest absolute Gasteiger partial charge is 0.166 e. The van der Waals surface area contributed by atoms with Gasteiger partial charge in [-0.3, -0.25) is 0 Å². The third kappa shape index (κ3) is 4.77. The minimum atomic E-state index is 0.627. The maximum absolute atomic E-state index is 5.21. The molecule has 0 aromatic rings. The quantitative estimate of drug-likeness (QED) is 0.555. The van der Waals surface area contributed by atoms with Crippen LogP contribution in [-0.4, -0.2) is 38.3 Å². The van der Waals surface area contributed by atoms with Crippen LogP contribution in [0.4, 0.5) is 0 Å². The van der Waals surface area contributed by atoms with Gasteiger partial charge < -0.3 is 15.5 Å². The highest BCUT2D eigenvalue weighted by Crippen LogP contribution is 2.17. The van der Waals surface area contributed by atoms with E-state index < -0.39 is 0 Å². The summed E-state index contributed by atoms with van der Waals surface area (Å²) in [6, 6.07) is 0.627. The first-order chi connectivity index (χ1) is 6.68. The van der Waals surface area contributed by atoms with Crippen molar-refractivity contribution in [2.24, 2.45) is 0 Å². The molecule has 1 rings (SSSR count). The first-order valence-corrected chi connectivity index (χ1v) is 5.92. The van der Waals surface area contributed by atoms with Gasteiger partial charge in [0.25, 0.3) is 0 Å². The van der Waals surface area contributed by atoms with Gasteiger partial charge in [0.05, 0.1) is 27.2 Å². The van der Waals surface area contributed by atoms with Crippen molar-refractivity contribution in [1.29, 1.82) is 0 Å². The second-order valence-electron chi connectivity index (χ2n) is 4.34. The Morgan fingerprint density at radius 1 is 1.36 bits per heavy atom. The van der Waals surface area contributed by atoms with Crippen LogP contribution >= 0.6 is 12.2 Å². The second kappa shape index (κ2) is 6.19. The summed E-state index contributed by atoms with van der Waals surface area (Å²) in [6.45, 7) is 2.06. The molecule has 1 saturated carbocycles. The molecule has 0 radical (unpaired) electrons. The van der Waals surface area contributed by atoms with Crippen molar-refractivity contribution >= 4 is 17.3 Å². The molecule has 1 fully saturated rings. The van der Waals surface area contributed by atoms with Crippen LogP contribution in [0.5, 0.6) is 0 Å². The van der Waals surface area contributed by atoms with Crippen LogP contribution in [0, 0.1) is 0 Å². The molecule has 0 unspecified atom stereocenters. The van der Waals surface area contributed by atoms with E-state index in [1.807, 2.05) is 0 Å². The lowest BCUT2D eigenvalue weighted by molar-refractivity contribution is -0.856. The first kappa shape index (κ1) is 11.7. The molecule has 0 aromatic carbocycles. The lowest BCUT2D eigenvalue weighted by Gasteiger charge is -2.16. The van der Waals surface area contributed by atoms with Crippen LogP contribution in [0.2, 0.25) is 0 Å². The number of likely N-dealkylation sites (N-methyl/N-ethyl adjacent to an activating group) is 1. The maximum Gasteiger partial charge on any atom is 0.166 e. The number of rotatable bonds is 4. The zero-order valence-corrected chi connectivity index (χ0v) is 10.0. The van der Waals surface area contributed by atoms with Gasteiger partial charge in [-0.2, -0.15) is 0 Å². The Kier molecular flexibility index (Phi) is 5.19. The van der Waals surface area contributed by atoms with Crippen LogP contribution in [0.1, 0.15) is 25.7 Å². The maximum atomic E-state index is 5.21. The molecule has 0 saturated heterocycles. The van der Waals surface area contributed by atoms with Gasteiger partial charge in [-0.1, -0.05) is 12.8 Å². The van der Waals surface area contributed by atoms with Crippen molar-refractivity contribution in [2.45, 2.75) is 31.7 Å². The summed E-state index contributed by atoms with van der Waals surface area (Å²) in [5.41, 5.74) is 0. The van der Waals surface area contributed by atoms with E-state index in [9.17, 15) is 0 Å². The van der Waals surface area contributed by atoms with Gasteiger partial charge in [-0.15, -0.1) is 0 Å². The highest BCUT2D eigenvalue weighted by atomic mass is 32.1. The lowest BCUT2D eigenvalue weighted by Crippen LogP contribution is -3.06. The van der Waals surface area contributed by atoms with Gasteiger partial charge in [0.2, 0.25) is 0 Å². The predicted octanol–water partition coefficient (Wildman–Crippen LogP) is -0.462. The minimum Gasteiger partial charge on any atom is -0.360 e. The average Bonchev–Trinajstić information content (AvgIpc) is 2.56. The van der Waals surface area contributed by atoms with E-state index in [2.05, 4.69) is 24.7 Å². The van der Waals surface area contributed by atoms with Gasteiger partial charge in [-0.25, -0.2) is 0 Å². The topological polar surface area (TPSA) is 28.5 Å². The van der Waals surface area contributed by atoms with Crippen molar-refractivity contribution in [2.75, 3.05) is 27.2 Å². The van der Waals surface area contributed by atoms with Crippen molar-refractivity contribution in [1.82, 2.24) is 10.6 Å². The highest BCUT2D eigenvalue weighted by Gasteiger charge is 2.14. The second-order valence-corrected chi connectivity index (χ2v) is 4.75. The largest absolute Gasteiger partial charge is 0.360 e. The molecule has 14 heavy (non-hydrogen) atoms. The van der Waals surface area contributed by atoms with Crippen LogP contribution in [0.15, 0.2) is 0 Å². The van der Waals surface area contributed by atoms with E-state index in [0.717, 1.165) is 18.2 Å². The molecule has 0 amide bonds. The molecule has 3 nitrogen and oxygen atoms in total. The molecule has 1 aliphatic rings. The van der Waals surface area contributed by atoms with Gasteiger partial charge in [0.15, 0.2) is 5.11 Å². The Morgan fingerprint density at radius 3 is 2.57 bits per heavy atom. The highest BCUT2D eigenvalue weighted by molar-refractivity contribution is 7.80. The number of hydrogen-bond donors (Lipinski definition) is 3. The third-order valence-electron chi connectivity index (χ3n) is 2.60. The Morgan fingerprint density at radius 2 is 2.00 bits per heavy atom. The molecule has 1 aliphatic carbocycles. The predicted molar refractivity (Wildman–Crippen MR) is 63.7 cm³/mol. The molecule has 0 aromatic heterocycles. The zero-order chi connectivity index (χ0) is 10.4. The molecular formula is C10H22N3S+. The fraction of sp³-hybridized carbons (Fsp3) is 0.900. The number of quaternary nitrogens is 1. The first-order valence-electron chi connectivity index (χ1n) is 5.52. The molecular weight excluding hydrogens is 194 g/mol. The van der Waals surface area contributed by atoms with E-state index in [-0.39, 0.29) is 0 Å².